The highest BCUT2D eigenvalue weighted by atomic mass is 35.5. The molecule has 0 saturated carbocycles. The molecule has 2 aliphatic rings. The minimum Gasteiger partial charge on any atom is -0.323 e. The van der Waals surface area contributed by atoms with Gasteiger partial charge in [-0.1, -0.05) is 21.6 Å². The summed E-state index contributed by atoms with van der Waals surface area (Å²) in [5.74, 6) is 0.143. The first-order chi connectivity index (χ1) is 8.27. The molecule has 1 unspecified atom stereocenters. The van der Waals surface area contributed by atoms with E-state index in [1.165, 1.54) is 0 Å². The Morgan fingerprint density at radius 2 is 1.94 bits per heavy atom. The molecule has 1 atom stereocenters. The normalized spacial score (nSPS) is 30.9. The Kier molecular flexibility index (Phi) is 4.18. The second-order valence-electron chi connectivity index (χ2n) is 6.09. The highest BCUT2D eigenvalue weighted by Gasteiger charge is 2.49. The number of carbonyl (C=O) groups excluding carboxylic acids is 1. The van der Waals surface area contributed by atoms with Gasteiger partial charge in [0, 0.05) is 24.4 Å². The van der Waals surface area contributed by atoms with E-state index in [4.69, 9.17) is 11.6 Å². The van der Waals surface area contributed by atoms with Gasteiger partial charge in [-0.15, -0.1) is 11.6 Å². The Bertz CT molecular complexity index is 349. The summed E-state index contributed by atoms with van der Waals surface area (Å²) in [6.07, 6.45) is 0.169. The summed E-state index contributed by atoms with van der Waals surface area (Å²) in [6.45, 7) is 11.8. The number of nitrogens with zero attached hydrogens (tertiary/aromatic N) is 2. The lowest BCUT2D eigenvalue weighted by molar-refractivity contribution is -0.131. The first kappa shape index (κ1) is 14.8. The van der Waals surface area contributed by atoms with Crippen LogP contribution in [0.2, 0.25) is 0 Å². The lowest BCUT2D eigenvalue weighted by Crippen LogP contribution is -2.53. The highest BCUT2D eigenvalue weighted by molar-refractivity contribution is 8.77. The number of fused-ring (bicyclic) bond motifs is 1. The summed E-state index contributed by atoms with van der Waals surface area (Å²) in [5.41, 5.74) is 0. The maximum atomic E-state index is 12.0. The second-order valence-corrected chi connectivity index (χ2v) is 9.85. The van der Waals surface area contributed by atoms with Crippen LogP contribution in [0.25, 0.3) is 0 Å². The van der Waals surface area contributed by atoms with E-state index in [9.17, 15) is 4.79 Å². The zero-order chi connectivity index (χ0) is 13.6. The molecule has 0 radical (unpaired) electrons. The molecule has 2 saturated heterocycles. The fourth-order valence-electron chi connectivity index (χ4n) is 2.77. The van der Waals surface area contributed by atoms with Crippen molar-refractivity contribution in [1.82, 2.24) is 9.80 Å². The van der Waals surface area contributed by atoms with Crippen LogP contribution in [-0.2, 0) is 4.79 Å². The van der Waals surface area contributed by atoms with Crippen LogP contribution in [0.3, 0.4) is 0 Å². The predicted octanol–water partition coefficient (Wildman–Crippen LogP) is 2.65. The van der Waals surface area contributed by atoms with Crippen molar-refractivity contribution in [3.05, 3.63) is 0 Å². The lowest BCUT2D eigenvalue weighted by Gasteiger charge is -2.38. The van der Waals surface area contributed by atoms with Gasteiger partial charge >= 0.3 is 0 Å². The van der Waals surface area contributed by atoms with Crippen LogP contribution in [0.1, 0.15) is 27.7 Å². The minimum atomic E-state index is 0.0245. The molecule has 2 rings (SSSR count). The van der Waals surface area contributed by atoms with Gasteiger partial charge in [-0.2, -0.15) is 0 Å². The van der Waals surface area contributed by atoms with E-state index in [2.05, 4.69) is 32.6 Å². The van der Waals surface area contributed by atoms with Crippen LogP contribution < -0.4 is 0 Å². The van der Waals surface area contributed by atoms with Crippen LogP contribution in [-0.4, -0.2) is 56.9 Å². The van der Waals surface area contributed by atoms with Crippen LogP contribution in [0, 0.1) is 0 Å². The molecule has 18 heavy (non-hydrogen) atoms. The summed E-state index contributed by atoms with van der Waals surface area (Å²) < 4.78 is 0.243. The largest absolute Gasteiger partial charge is 0.323 e. The summed E-state index contributed by atoms with van der Waals surface area (Å²) in [4.78, 5) is 16.4. The summed E-state index contributed by atoms with van der Waals surface area (Å²) >= 11 is 5.73. The van der Waals surface area contributed by atoms with Gasteiger partial charge in [0.05, 0.1) is 4.75 Å². The van der Waals surface area contributed by atoms with Crippen molar-refractivity contribution in [2.45, 2.75) is 43.4 Å². The van der Waals surface area contributed by atoms with E-state index in [1.807, 2.05) is 26.5 Å². The van der Waals surface area contributed by atoms with Gasteiger partial charge in [0.2, 0.25) is 5.91 Å². The van der Waals surface area contributed by atoms with Gasteiger partial charge < -0.3 is 4.90 Å². The van der Waals surface area contributed by atoms with Gasteiger partial charge in [0.1, 0.15) is 12.0 Å². The Morgan fingerprint density at radius 1 is 1.28 bits per heavy atom. The smallest absolute Gasteiger partial charge is 0.238 e. The fraction of sp³-hybridized carbons (Fsp3) is 0.917. The molecule has 0 spiro atoms. The molecule has 1 amide bonds. The molecular formula is C12H21ClN2OS2. The van der Waals surface area contributed by atoms with Gasteiger partial charge in [0.25, 0.3) is 0 Å². The summed E-state index contributed by atoms with van der Waals surface area (Å²) in [7, 11) is 3.82. The number of halogens is 1. The molecule has 2 fully saturated rings. The summed E-state index contributed by atoms with van der Waals surface area (Å²) in [6, 6.07) is 0. The molecule has 3 nitrogen and oxygen atoms in total. The van der Waals surface area contributed by atoms with E-state index in [1.54, 1.807) is 0 Å². The van der Waals surface area contributed by atoms with Crippen molar-refractivity contribution in [2.75, 3.05) is 25.5 Å². The molecule has 2 heterocycles. The SMILES string of the molecule is CC1(C)CN2CCN(C(=O)CCl)C2C(C)(C)SS1. The molecular weight excluding hydrogens is 288 g/mol. The van der Waals surface area contributed by atoms with Crippen molar-refractivity contribution in [2.24, 2.45) is 0 Å². The van der Waals surface area contributed by atoms with E-state index in [0.29, 0.717) is 0 Å². The Morgan fingerprint density at radius 3 is 2.56 bits per heavy atom. The predicted molar refractivity (Wildman–Crippen MR) is 81.1 cm³/mol. The van der Waals surface area contributed by atoms with Crippen molar-refractivity contribution >= 4 is 39.1 Å². The topological polar surface area (TPSA) is 23.6 Å². The van der Waals surface area contributed by atoms with E-state index < -0.39 is 0 Å². The number of hydrogen-bond acceptors (Lipinski definition) is 4. The number of carbonyl (C=O) groups is 1. The molecule has 0 aromatic carbocycles. The van der Waals surface area contributed by atoms with Crippen molar-refractivity contribution in [3.63, 3.8) is 0 Å². The molecule has 0 aliphatic carbocycles. The van der Waals surface area contributed by atoms with E-state index in [0.717, 1.165) is 19.6 Å². The van der Waals surface area contributed by atoms with Gasteiger partial charge in [0.15, 0.2) is 0 Å². The third kappa shape index (κ3) is 2.79. The van der Waals surface area contributed by atoms with Crippen LogP contribution in [0.5, 0.6) is 0 Å². The Balaban J connectivity index is 2.28. The first-order valence-electron chi connectivity index (χ1n) is 6.23. The number of amides is 1. The molecule has 0 N–H and O–H groups in total. The third-order valence-corrected chi connectivity index (χ3v) is 7.82. The average molecular weight is 309 g/mol. The lowest BCUT2D eigenvalue weighted by atomic mass is 10.1. The molecule has 104 valence electrons. The summed E-state index contributed by atoms with van der Waals surface area (Å²) in [5, 5.41) is 0. The maximum absolute atomic E-state index is 12.0. The fourth-order valence-corrected chi connectivity index (χ4v) is 5.69. The van der Waals surface area contributed by atoms with Gasteiger partial charge in [-0.25, -0.2) is 0 Å². The molecule has 0 bridgehead atoms. The maximum Gasteiger partial charge on any atom is 0.238 e. The van der Waals surface area contributed by atoms with Crippen LogP contribution in [0.15, 0.2) is 0 Å². The van der Waals surface area contributed by atoms with Gasteiger partial charge in [-0.05, 0) is 27.7 Å². The quantitative estimate of drug-likeness (QED) is 0.549. The Labute approximate surface area is 122 Å². The average Bonchev–Trinajstić information content (AvgIpc) is 2.65. The van der Waals surface area contributed by atoms with E-state index in [-0.39, 0.29) is 27.4 Å². The van der Waals surface area contributed by atoms with E-state index >= 15 is 0 Å². The van der Waals surface area contributed by atoms with Crippen LogP contribution >= 0.6 is 33.2 Å². The van der Waals surface area contributed by atoms with Crippen LogP contribution in [0.4, 0.5) is 0 Å². The molecule has 2 aliphatic heterocycles. The number of alkyl halides is 1. The molecule has 6 heteroatoms. The number of rotatable bonds is 1. The zero-order valence-corrected chi connectivity index (χ0v) is 13.8. The number of hydrogen-bond donors (Lipinski definition) is 0. The van der Waals surface area contributed by atoms with Crippen molar-refractivity contribution < 1.29 is 4.79 Å². The van der Waals surface area contributed by atoms with Gasteiger partial charge in [-0.3, -0.25) is 9.69 Å². The van der Waals surface area contributed by atoms with Crippen molar-refractivity contribution in [3.8, 4) is 0 Å². The third-order valence-electron chi connectivity index (χ3n) is 3.39. The standard InChI is InChI=1S/C12H21ClN2OS2/c1-11(2)8-14-5-6-15(9(16)7-13)10(14)12(3,4)18-17-11/h10H,5-8H2,1-4H3. The minimum absolute atomic E-state index is 0.0245. The van der Waals surface area contributed by atoms with Crippen molar-refractivity contribution in [1.29, 1.82) is 0 Å². The first-order valence-corrected chi connectivity index (χ1v) is 8.92. The molecule has 0 aromatic rings. The zero-order valence-electron chi connectivity index (χ0n) is 11.4. The Hall–Kier alpha value is 0.420. The molecule has 0 aromatic heterocycles. The highest BCUT2D eigenvalue weighted by Crippen LogP contribution is 2.51. The monoisotopic (exact) mass is 308 g/mol. The second kappa shape index (κ2) is 5.08.